The summed E-state index contributed by atoms with van der Waals surface area (Å²) in [7, 11) is -2.85. The van der Waals surface area contributed by atoms with Gasteiger partial charge in [-0.2, -0.15) is 0 Å². The highest BCUT2D eigenvalue weighted by Crippen LogP contribution is 2.30. The molecular formula is C17H16N2O6S. The Kier molecular flexibility index (Phi) is 4.19. The van der Waals surface area contributed by atoms with E-state index in [-0.39, 0.29) is 21.7 Å². The minimum absolute atomic E-state index is 0.0370. The molecule has 1 aliphatic rings. The molecule has 0 unspecified atom stereocenters. The summed E-state index contributed by atoms with van der Waals surface area (Å²) in [6.45, 7) is 2.50. The number of benzene rings is 1. The first-order valence-electron chi connectivity index (χ1n) is 7.67. The van der Waals surface area contributed by atoms with E-state index in [1.807, 2.05) is 0 Å². The SMILES string of the molecule is COC(=O)c1c(C)[nH]c(C(=O)CN2C(=O)c3ccccc3S2(=O)=O)c1C. The lowest BCUT2D eigenvalue weighted by Gasteiger charge is -2.14. The second-order valence-electron chi connectivity index (χ2n) is 5.85. The Bertz CT molecular complexity index is 1050. The molecule has 8 nitrogen and oxygen atoms in total. The molecule has 3 rings (SSSR count). The summed E-state index contributed by atoms with van der Waals surface area (Å²) < 4.78 is 30.3. The fourth-order valence-electron chi connectivity index (χ4n) is 3.03. The third-order valence-electron chi connectivity index (χ3n) is 4.31. The lowest BCUT2D eigenvalue weighted by atomic mass is 10.1. The summed E-state index contributed by atoms with van der Waals surface area (Å²) in [6, 6.07) is 5.79. The maximum atomic E-state index is 12.6. The van der Waals surface area contributed by atoms with E-state index >= 15 is 0 Å². The van der Waals surface area contributed by atoms with Gasteiger partial charge >= 0.3 is 5.97 Å². The van der Waals surface area contributed by atoms with Crippen LogP contribution in [0.1, 0.15) is 42.5 Å². The van der Waals surface area contributed by atoms with Crippen LogP contribution in [0.25, 0.3) is 0 Å². The van der Waals surface area contributed by atoms with Crippen LogP contribution < -0.4 is 0 Å². The number of H-pyrrole nitrogens is 1. The Morgan fingerprint density at radius 1 is 1.19 bits per heavy atom. The molecule has 0 aliphatic carbocycles. The maximum absolute atomic E-state index is 12.6. The van der Waals surface area contributed by atoms with Gasteiger partial charge in [-0.25, -0.2) is 17.5 Å². The smallest absolute Gasteiger partial charge is 0.339 e. The number of sulfonamides is 1. The van der Waals surface area contributed by atoms with Gasteiger partial charge in [0.2, 0.25) is 0 Å². The van der Waals surface area contributed by atoms with Crippen molar-refractivity contribution in [1.82, 2.24) is 9.29 Å². The predicted molar refractivity (Wildman–Crippen MR) is 90.6 cm³/mol. The van der Waals surface area contributed by atoms with E-state index in [9.17, 15) is 22.8 Å². The minimum Gasteiger partial charge on any atom is -0.465 e. The maximum Gasteiger partial charge on any atom is 0.339 e. The molecule has 9 heteroatoms. The van der Waals surface area contributed by atoms with Crippen LogP contribution in [0, 0.1) is 13.8 Å². The first-order valence-corrected chi connectivity index (χ1v) is 9.11. The van der Waals surface area contributed by atoms with E-state index in [0.29, 0.717) is 15.6 Å². The molecule has 1 N–H and O–H groups in total. The normalized spacial score (nSPS) is 15.0. The molecule has 1 aliphatic heterocycles. The van der Waals surface area contributed by atoms with Gasteiger partial charge in [-0.1, -0.05) is 12.1 Å². The highest BCUT2D eigenvalue weighted by molar-refractivity contribution is 7.90. The highest BCUT2D eigenvalue weighted by Gasteiger charge is 2.42. The first-order chi connectivity index (χ1) is 12.2. The second kappa shape index (κ2) is 6.10. The van der Waals surface area contributed by atoms with Crippen LogP contribution in [-0.4, -0.2) is 49.0 Å². The van der Waals surface area contributed by atoms with Gasteiger partial charge < -0.3 is 9.72 Å². The number of nitrogens with zero attached hydrogens (tertiary/aromatic N) is 1. The summed E-state index contributed by atoms with van der Waals surface area (Å²) in [5.41, 5.74) is 1.10. The van der Waals surface area contributed by atoms with Crippen molar-refractivity contribution in [2.45, 2.75) is 18.7 Å². The molecule has 26 heavy (non-hydrogen) atoms. The lowest BCUT2D eigenvalue weighted by molar-refractivity contribution is 0.0599. The van der Waals surface area contributed by atoms with Crippen LogP contribution in [0.15, 0.2) is 29.2 Å². The van der Waals surface area contributed by atoms with E-state index in [2.05, 4.69) is 9.72 Å². The molecule has 0 saturated heterocycles. The number of amides is 1. The molecule has 0 radical (unpaired) electrons. The zero-order chi connectivity index (χ0) is 19.2. The van der Waals surface area contributed by atoms with Crippen molar-refractivity contribution < 1.29 is 27.5 Å². The molecule has 0 saturated carbocycles. The summed E-state index contributed by atoms with van der Waals surface area (Å²) in [5.74, 6) is -1.97. The van der Waals surface area contributed by atoms with Crippen LogP contribution in [-0.2, 0) is 14.8 Å². The van der Waals surface area contributed by atoms with Crippen LogP contribution in [0.5, 0.6) is 0 Å². The van der Waals surface area contributed by atoms with Gasteiger partial charge in [0, 0.05) is 5.69 Å². The van der Waals surface area contributed by atoms with Crippen LogP contribution in [0.3, 0.4) is 0 Å². The molecule has 1 aromatic heterocycles. The van der Waals surface area contributed by atoms with Gasteiger partial charge in [0.15, 0.2) is 5.78 Å². The quantitative estimate of drug-likeness (QED) is 0.638. The fraction of sp³-hybridized carbons (Fsp3) is 0.235. The third-order valence-corrected chi connectivity index (χ3v) is 6.09. The van der Waals surface area contributed by atoms with E-state index in [1.165, 1.54) is 25.3 Å². The highest BCUT2D eigenvalue weighted by atomic mass is 32.2. The number of ether oxygens (including phenoxy) is 1. The molecule has 2 heterocycles. The number of aromatic amines is 1. The molecule has 0 atom stereocenters. The number of carbonyl (C=O) groups is 3. The Morgan fingerprint density at radius 3 is 2.46 bits per heavy atom. The molecular weight excluding hydrogens is 360 g/mol. The van der Waals surface area contributed by atoms with Crippen molar-refractivity contribution in [2.75, 3.05) is 13.7 Å². The zero-order valence-corrected chi connectivity index (χ0v) is 15.1. The number of carbonyl (C=O) groups excluding carboxylic acids is 3. The molecule has 0 bridgehead atoms. The standard InChI is InChI=1S/C17H16N2O6S/c1-9-14(17(22)25-3)10(2)18-15(9)12(20)8-19-16(21)11-6-4-5-7-13(11)26(19,23)24/h4-7,18H,8H2,1-3H3. The molecule has 0 fully saturated rings. The Balaban J connectivity index is 1.95. The van der Waals surface area contributed by atoms with Gasteiger partial charge in [0.05, 0.1) is 23.9 Å². The van der Waals surface area contributed by atoms with Crippen molar-refractivity contribution >= 4 is 27.7 Å². The fourth-order valence-corrected chi connectivity index (χ4v) is 4.56. The number of hydrogen-bond acceptors (Lipinski definition) is 6. The van der Waals surface area contributed by atoms with Gasteiger partial charge in [-0.15, -0.1) is 0 Å². The summed E-state index contributed by atoms with van der Waals surface area (Å²) in [6.07, 6.45) is 0. The van der Waals surface area contributed by atoms with Gasteiger partial charge in [0.1, 0.15) is 11.4 Å². The molecule has 1 aromatic carbocycles. The third kappa shape index (κ3) is 2.51. The summed E-state index contributed by atoms with van der Waals surface area (Å²) in [5, 5.41) is 0. The Labute approximate surface area is 149 Å². The number of aryl methyl sites for hydroxylation is 1. The Morgan fingerprint density at radius 2 is 1.85 bits per heavy atom. The van der Waals surface area contributed by atoms with Crippen LogP contribution in [0.2, 0.25) is 0 Å². The van der Waals surface area contributed by atoms with E-state index in [0.717, 1.165) is 0 Å². The molecule has 0 spiro atoms. The molecule has 1 amide bonds. The summed E-state index contributed by atoms with van der Waals surface area (Å²) >= 11 is 0. The number of esters is 1. The molecule has 2 aromatic rings. The zero-order valence-electron chi connectivity index (χ0n) is 14.3. The first kappa shape index (κ1) is 17.9. The Hall–Kier alpha value is -2.94. The van der Waals surface area contributed by atoms with Crippen LogP contribution in [0.4, 0.5) is 0 Å². The largest absolute Gasteiger partial charge is 0.465 e. The van der Waals surface area contributed by atoms with E-state index in [1.54, 1.807) is 19.9 Å². The van der Waals surface area contributed by atoms with Crippen molar-refractivity contribution in [3.05, 3.63) is 52.3 Å². The average molecular weight is 376 g/mol. The van der Waals surface area contributed by atoms with Crippen molar-refractivity contribution in [2.24, 2.45) is 0 Å². The number of fused-ring (bicyclic) bond motifs is 1. The number of hydrogen-bond donors (Lipinski definition) is 1. The number of rotatable bonds is 4. The van der Waals surface area contributed by atoms with E-state index < -0.39 is 34.2 Å². The van der Waals surface area contributed by atoms with Crippen molar-refractivity contribution in [3.63, 3.8) is 0 Å². The number of ketones is 1. The number of aromatic nitrogens is 1. The predicted octanol–water partition coefficient (Wildman–Crippen LogP) is 1.45. The number of nitrogens with one attached hydrogen (secondary N) is 1. The van der Waals surface area contributed by atoms with Crippen LogP contribution >= 0.6 is 0 Å². The topological polar surface area (TPSA) is 114 Å². The average Bonchev–Trinajstić information content (AvgIpc) is 3.01. The summed E-state index contributed by atoms with van der Waals surface area (Å²) in [4.78, 5) is 39.5. The van der Waals surface area contributed by atoms with Crippen molar-refractivity contribution in [3.8, 4) is 0 Å². The van der Waals surface area contributed by atoms with Crippen molar-refractivity contribution in [1.29, 1.82) is 0 Å². The lowest BCUT2D eigenvalue weighted by Crippen LogP contribution is -2.35. The second-order valence-corrected chi connectivity index (χ2v) is 7.68. The monoisotopic (exact) mass is 376 g/mol. The van der Waals surface area contributed by atoms with E-state index in [4.69, 9.17) is 0 Å². The van der Waals surface area contributed by atoms with Gasteiger partial charge in [0.25, 0.3) is 15.9 Å². The van der Waals surface area contributed by atoms with Gasteiger partial charge in [-0.05, 0) is 31.5 Å². The minimum atomic E-state index is -4.08. The van der Waals surface area contributed by atoms with Gasteiger partial charge in [-0.3, -0.25) is 9.59 Å². The number of methoxy groups -OCH3 is 1. The molecule has 136 valence electrons. The number of Topliss-reactive ketones (excluding diaryl/α,β-unsaturated/α-hetero) is 1.